The largest absolute Gasteiger partial charge is 0.507 e. The lowest BCUT2D eigenvalue weighted by molar-refractivity contribution is 0.472. The number of hydrogen-bond acceptors (Lipinski definition) is 8. The van der Waals surface area contributed by atoms with Crippen molar-refractivity contribution in [2.75, 3.05) is 0 Å². The Morgan fingerprint density at radius 3 is 1.79 bits per heavy atom. The van der Waals surface area contributed by atoms with Crippen molar-refractivity contribution in [2.45, 2.75) is 14.7 Å². The van der Waals surface area contributed by atoms with E-state index in [4.69, 9.17) is 4.18 Å². The van der Waals surface area contributed by atoms with Gasteiger partial charge in [-0.2, -0.15) is 25.3 Å². The average molecular weight is 511 g/mol. The molecule has 0 aliphatic carbocycles. The molecule has 3 N–H and O–H groups in total. The van der Waals surface area contributed by atoms with Crippen molar-refractivity contribution in [1.82, 2.24) is 0 Å². The first-order valence-corrected chi connectivity index (χ1v) is 13.3. The summed E-state index contributed by atoms with van der Waals surface area (Å²) in [4.78, 5) is -1.66. The highest BCUT2D eigenvalue weighted by Gasteiger charge is 2.26. The van der Waals surface area contributed by atoms with Gasteiger partial charge in [0.15, 0.2) is 5.75 Å². The van der Waals surface area contributed by atoms with E-state index in [2.05, 4.69) is 0 Å². The Kier molecular flexibility index (Phi) is 5.34. The minimum atomic E-state index is -4.80. The molecule has 4 aromatic carbocycles. The maximum absolute atomic E-state index is 13.1. The number of benzene rings is 4. The Balaban J connectivity index is 1.94. The molecule has 172 valence electrons. The Hall–Kier alpha value is -3.23. The Morgan fingerprint density at radius 2 is 1.15 bits per heavy atom. The molecule has 0 saturated carbocycles. The van der Waals surface area contributed by atoms with E-state index in [0.717, 1.165) is 30.3 Å². The number of fused-ring (bicyclic) bond motifs is 2. The first-order valence-electron chi connectivity index (χ1n) is 8.96. The molecule has 4 aromatic rings. The van der Waals surface area contributed by atoms with Crippen LogP contribution in [0.4, 0.5) is 0 Å². The normalized spacial score (nSPS) is 12.8. The van der Waals surface area contributed by atoms with Crippen molar-refractivity contribution < 1.29 is 43.6 Å². The van der Waals surface area contributed by atoms with E-state index in [1.165, 1.54) is 36.4 Å². The fourth-order valence-corrected chi connectivity index (χ4v) is 6.03. The lowest BCUT2D eigenvalue weighted by Gasteiger charge is -2.14. The molecule has 0 saturated heterocycles. The summed E-state index contributed by atoms with van der Waals surface area (Å²) in [5.74, 6) is -0.842. The molecule has 0 aliphatic heterocycles. The molecule has 0 heterocycles. The second kappa shape index (κ2) is 7.67. The summed E-state index contributed by atoms with van der Waals surface area (Å²) < 4.78 is 97.1. The number of rotatable bonds is 5. The zero-order valence-corrected chi connectivity index (χ0v) is 18.7. The third kappa shape index (κ3) is 4.12. The Morgan fingerprint density at radius 1 is 0.576 bits per heavy atom. The highest BCUT2D eigenvalue weighted by Crippen LogP contribution is 2.37. The fraction of sp³-hybridized carbons (Fsp3) is 0. The summed E-state index contributed by atoms with van der Waals surface area (Å²) in [6.07, 6.45) is 0. The van der Waals surface area contributed by atoms with Crippen LogP contribution >= 0.6 is 0 Å². The van der Waals surface area contributed by atoms with Crippen molar-refractivity contribution in [3.63, 3.8) is 0 Å². The van der Waals surface area contributed by atoms with Crippen LogP contribution in [0.15, 0.2) is 81.4 Å². The van der Waals surface area contributed by atoms with Crippen LogP contribution < -0.4 is 4.18 Å². The summed E-state index contributed by atoms with van der Waals surface area (Å²) in [6.45, 7) is 0. The van der Waals surface area contributed by atoms with Gasteiger partial charge in [0.25, 0.3) is 20.2 Å². The quantitative estimate of drug-likeness (QED) is 0.268. The summed E-state index contributed by atoms with van der Waals surface area (Å²) in [7, 11) is -14.1. The van der Waals surface area contributed by atoms with Crippen LogP contribution in [0.25, 0.3) is 21.5 Å². The van der Waals surface area contributed by atoms with Gasteiger partial charge in [0.05, 0.1) is 0 Å². The Bertz CT molecular complexity index is 1760. The Labute approximate surface area is 188 Å². The predicted molar refractivity (Wildman–Crippen MR) is 117 cm³/mol. The predicted octanol–water partition coefficient (Wildman–Crippen LogP) is 2.96. The molecule has 33 heavy (non-hydrogen) atoms. The van der Waals surface area contributed by atoms with E-state index in [1.807, 2.05) is 0 Å². The monoisotopic (exact) mass is 510 g/mol. The highest BCUT2D eigenvalue weighted by molar-refractivity contribution is 7.87. The molecule has 13 heteroatoms. The van der Waals surface area contributed by atoms with Crippen LogP contribution in [0.5, 0.6) is 11.5 Å². The van der Waals surface area contributed by atoms with Gasteiger partial charge in [-0.15, -0.1) is 0 Å². The maximum Gasteiger partial charge on any atom is 0.339 e. The number of aromatic hydroxyl groups is 1. The third-order valence-corrected chi connectivity index (χ3v) is 7.91. The number of phenols is 1. The minimum Gasteiger partial charge on any atom is -0.507 e. The van der Waals surface area contributed by atoms with Crippen LogP contribution in [0.1, 0.15) is 0 Å². The first kappa shape index (κ1) is 22.9. The van der Waals surface area contributed by atoms with Gasteiger partial charge in [-0.1, -0.05) is 36.4 Å². The summed E-state index contributed by atoms with van der Waals surface area (Å²) in [5, 5.41) is 9.58. The summed E-state index contributed by atoms with van der Waals surface area (Å²) in [5.41, 5.74) is 0. The molecule has 0 bridgehead atoms. The van der Waals surface area contributed by atoms with Crippen LogP contribution in [0.3, 0.4) is 0 Å². The standard InChI is InChI=1S/C20H14O10S3/c21-15-8-10-18(14-6-3-7-19(20(14)15)32(25,26)27)33(28,29)30-16-9-11-17(31(22,23)24)13-5-2-1-4-12(13)16/h1-11,21H,(H,22,23,24)(H,25,26,27). The van der Waals surface area contributed by atoms with Crippen LogP contribution in [-0.4, -0.2) is 39.5 Å². The lowest BCUT2D eigenvalue weighted by Crippen LogP contribution is -2.11. The van der Waals surface area contributed by atoms with Gasteiger partial charge in [-0.05, 0) is 30.3 Å². The van der Waals surface area contributed by atoms with Gasteiger partial charge in [-0.3, -0.25) is 9.11 Å². The second-order valence-corrected chi connectivity index (χ2v) is 11.2. The van der Waals surface area contributed by atoms with Crippen LogP contribution in [0.2, 0.25) is 0 Å². The van der Waals surface area contributed by atoms with Crippen molar-refractivity contribution >= 4 is 51.9 Å². The molecule has 4 rings (SSSR count). The molecule has 10 nitrogen and oxygen atoms in total. The van der Waals surface area contributed by atoms with Crippen LogP contribution in [-0.2, 0) is 30.4 Å². The summed E-state index contributed by atoms with van der Waals surface area (Å²) in [6, 6.07) is 13.1. The highest BCUT2D eigenvalue weighted by atomic mass is 32.2. The van der Waals surface area contributed by atoms with Crippen molar-refractivity contribution in [3.8, 4) is 11.5 Å². The van der Waals surface area contributed by atoms with Gasteiger partial charge >= 0.3 is 10.1 Å². The lowest BCUT2D eigenvalue weighted by atomic mass is 10.1. The fourth-order valence-electron chi connectivity index (χ4n) is 3.47. The molecule has 0 atom stereocenters. The molecule has 0 amide bonds. The first-order chi connectivity index (χ1) is 15.3. The van der Waals surface area contributed by atoms with E-state index < -0.39 is 56.2 Å². The SMILES string of the molecule is O=S(=O)(O)c1ccc(OS(=O)(=O)c2ccc(O)c3c(S(=O)(=O)O)cccc23)c2ccccc12. The van der Waals surface area contributed by atoms with E-state index >= 15 is 0 Å². The van der Waals surface area contributed by atoms with Gasteiger partial charge in [-0.25, -0.2) is 0 Å². The molecule has 0 fully saturated rings. The minimum absolute atomic E-state index is 0.0110. The number of hydrogen-bond donors (Lipinski definition) is 3. The van der Waals surface area contributed by atoms with Gasteiger partial charge in [0.1, 0.15) is 20.4 Å². The molecular formula is C20H14O10S3. The smallest absolute Gasteiger partial charge is 0.339 e. The third-order valence-electron chi connectivity index (χ3n) is 4.81. The zero-order valence-electron chi connectivity index (χ0n) is 16.3. The molecule has 0 spiro atoms. The van der Waals surface area contributed by atoms with Gasteiger partial charge in [0, 0.05) is 21.5 Å². The van der Waals surface area contributed by atoms with Crippen molar-refractivity contribution in [3.05, 3.63) is 66.7 Å². The zero-order chi connectivity index (χ0) is 24.2. The van der Waals surface area contributed by atoms with Gasteiger partial charge in [0.2, 0.25) is 0 Å². The summed E-state index contributed by atoms with van der Waals surface area (Å²) >= 11 is 0. The second-order valence-electron chi connectivity index (χ2n) is 6.86. The molecule has 0 aromatic heterocycles. The van der Waals surface area contributed by atoms with E-state index in [1.54, 1.807) is 0 Å². The molecule has 0 radical (unpaired) electrons. The maximum atomic E-state index is 13.1. The van der Waals surface area contributed by atoms with Crippen molar-refractivity contribution in [1.29, 1.82) is 0 Å². The average Bonchev–Trinajstić information content (AvgIpc) is 2.72. The van der Waals surface area contributed by atoms with E-state index in [-0.39, 0.29) is 21.9 Å². The van der Waals surface area contributed by atoms with Gasteiger partial charge < -0.3 is 9.29 Å². The van der Waals surface area contributed by atoms with Crippen LogP contribution in [0, 0.1) is 0 Å². The molecule has 0 unspecified atom stereocenters. The molecular weight excluding hydrogens is 496 g/mol. The number of phenolic OH excluding ortho intramolecular Hbond substituents is 1. The van der Waals surface area contributed by atoms with Crippen molar-refractivity contribution in [2.24, 2.45) is 0 Å². The van der Waals surface area contributed by atoms with E-state index in [9.17, 15) is 39.5 Å². The van der Waals surface area contributed by atoms with E-state index in [0.29, 0.717) is 0 Å². The topological polar surface area (TPSA) is 172 Å². The molecule has 0 aliphatic rings.